The third-order valence-corrected chi connectivity index (χ3v) is 8.11. The van der Waals surface area contributed by atoms with E-state index in [0.717, 1.165) is 37.1 Å². The molecule has 4 bridgehead atoms. The highest BCUT2D eigenvalue weighted by atomic mass is 32.2. The molecule has 0 radical (unpaired) electrons. The number of aromatic nitrogens is 2. The van der Waals surface area contributed by atoms with Crippen molar-refractivity contribution in [2.75, 3.05) is 0 Å². The van der Waals surface area contributed by atoms with Crippen molar-refractivity contribution >= 4 is 29.8 Å². The number of carbonyl (C=O) groups is 2. The second-order valence-electron chi connectivity index (χ2n) is 10.9. The molecule has 1 aromatic heterocycles. The van der Waals surface area contributed by atoms with E-state index in [1.165, 1.54) is 6.92 Å². The minimum Gasteiger partial charge on any atom is -0.390 e. The van der Waals surface area contributed by atoms with E-state index >= 15 is 0 Å². The maximum absolute atomic E-state index is 13.4. The smallest absolute Gasteiger partial charge is 0.255 e. The SMILES string of the molecule is CC(=O)NC(C)(C)C=Cn1ncc(C(=O)NC2C3CC4CC2CC(O)(C4)C3)c1SC(C)C. The van der Waals surface area contributed by atoms with Gasteiger partial charge in [-0.1, -0.05) is 13.8 Å². The van der Waals surface area contributed by atoms with E-state index in [4.69, 9.17) is 0 Å². The van der Waals surface area contributed by atoms with Crippen LogP contribution in [0.15, 0.2) is 17.3 Å². The molecule has 1 heterocycles. The van der Waals surface area contributed by atoms with Crippen LogP contribution in [0.5, 0.6) is 0 Å². The molecule has 176 valence electrons. The predicted molar refractivity (Wildman–Crippen MR) is 126 cm³/mol. The number of rotatable bonds is 7. The Morgan fingerprint density at radius 2 is 1.94 bits per heavy atom. The fourth-order valence-electron chi connectivity index (χ4n) is 6.15. The highest BCUT2D eigenvalue weighted by Gasteiger charge is 2.55. The average Bonchev–Trinajstić information content (AvgIpc) is 3.02. The van der Waals surface area contributed by atoms with Gasteiger partial charge in [0.1, 0.15) is 5.03 Å². The fraction of sp³-hybridized carbons (Fsp3) is 0.708. The molecule has 4 aliphatic carbocycles. The van der Waals surface area contributed by atoms with Crippen molar-refractivity contribution in [3.05, 3.63) is 17.8 Å². The summed E-state index contributed by atoms with van der Waals surface area (Å²) in [5.74, 6) is 1.16. The van der Waals surface area contributed by atoms with Gasteiger partial charge in [-0.25, -0.2) is 4.68 Å². The third kappa shape index (κ3) is 4.91. The van der Waals surface area contributed by atoms with Crippen molar-refractivity contribution in [1.82, 2.24) is 20.4 Å². The van der Waals surface area contributed by atoms with E-state index < -0.39 is 11.1 Å². The zero-order chi connectivity index (χ0) is 23.3. The summed E-state index contributed by atoms with van der Waals surface area (Å²) >= 11 is 1.60. The van der Waals surface area contributed by atoms with Gasteiger partial charge in [0.25, 0.3) is 5.91 Å². The minimum atomic E-state index is -0.527. The summed E-state index contributed by atoms with van der Waals surface area (Å²) in [5, 5.41) is 22.6. The van der Waals surface area contributed by atoms with Crippen LogP contribution in [0.1, 0.15) is 77.1 Å². The number of thioether (sulfide) groups is 1. The van der Waals surface area contributed by atoms with Crippen molar-refractivity contribution in [3.8, 4) is 0 Å². The summed E-state index contributed by atoms with van der Waals surface area (Å²) in [7, 11) is 0. The summed E-state index contributed by atoms with van der Waals surface area (Å²) in [5.41, 5.74) is -0.453. The van der Waals surface area contributed by atoms with Crippen LogP contribution >= 0.6 is 11.8 Å². The van der Waals surface area contributed by atoms with Crippen LogP contribution in [-0.4, -0.2) is 49.1 Å². The summed E-state index contributed by atoms with van der Waals surface area (Å²) in [4.78, 5) is 24.8. The summed E-state index contributed by atoms with van der Waals surface area (Å²) in [6, 6.07) is 0.133. The molecule has 2 atom stereocenters. The number of hydrogen-bond acceptors (Lipinski definition) is 5. The topological polar surface area (TPSA) is 96.2 Å². The molecule has 3 N–H and O–H groups in total. The molecular formula is C24H36N4O3S. The predicted octanol–water partition coefficient (Wildman–Crippen LogP) is 3.44. The van der Waals surface area contributed by atoms with Crippen molar-refractivity contribution in [1.29, 1.82) is 0 Å². The maximum Gasteiger partial charge on any atom is 0.255 e. The number of carbonyl (C=O) groups excluding carboxylic acids is 2. The van der Waals surface area contributed by atoms with Crippen molar-refractivity contribution in [2.45, 2.75) is 94.2 Å². The Morgan fingerprint density at radius 3 is 2.50 bits per heavy atom. The quantitative estimate of drug-likeness (QED) is 0.542. The van der Waals surface area contributed by atoms with Gasteiger partial charge in [-0.2, -0.15) is 5.10 Å². The lowest BCUT2D eigenvalue weighted by molar-refractivity contribution is -0.137. The maximum atomic E-state index is 13.4. The van der Waals surface area contributed by atoms with Gasteiger partial charge in [0.15, 0.2) is 0 Å². The van der Waals surface area contributed by atoms with E-state index in [2.05, 4.69) is 29.6 Å². The molecule has 0 spiro atoms. The van der Waals surface area contributed by atoms with Crippen LogP contribution < -0.4 is 10.6 Å². The molecule has 0 saturated heterocycles. The summed E-state index contributed by atoms with van der Waals surface area (Å²) in [6.07, 6.45) is 10.1. The molecule has 2 unspecified atom stereocenters. The van der Waals surface area contributed by atoms with Gasteiger partial charge in [-0.3, -0.25) is 9.59 Å². The zero-order valence-corrected chi connectivity index (χ0v) is 20.5. The lowest BCUT2D eigenvalue weighted by Crippen LogP contribution is -2.61. The lowest BCUT2D eigenvalue weighted by Gasteiger charge is -2.58. The molecule has 1 aromatic rings. The molecule has 8 heteroatoms. The zero-order valence-electron chi connectivity index (χ0n) is 19.7. The lowest BCUT2D eigenvalue weighted by atomic mass is 9.52. The Bertz CT molecular complexity index is 906. The Kier molecular flexibility index (Phi) is 6.22. The molecule has 0 aliphatic heterocycles. The van der Waals surface area contributed by atoms with Gasteiger partial charge >= 0.3 is 0 Å². The van der Waals surface area contributed by atoms with E-state index in [9.17, 15) is 14.7 Å². The van der Waals surface area contributed by atoms with E-state index in [0.29, 0.717) is 23.3 Å². The third-order valence-electron chi connectivity index (χ3n) is 7.01. The number of aliphatic hydroxyl groups is 1. The van der Waals surface area contributed by atoms with Crippen LogP contribution in [0.4, 0.5) is 0 Å². The number of amides is 2. The van der Waals surface area contributed by atoms with Crippen LogP contribution in [0, 0.1) is 17.8 Å². The highest BCUT2D eigenvalue weighted by Crippen LogP contribution is 2.55. The Balaban J connectivity index is 1.53. The molecule has 4 fully saturated rings. The first kappa shape index (κ1) is 23.4. The van der Waals surface area contributed by atoms with E-state index in [1.807, 2.05) is 26.1 Å². The largest absolute Gasteiger partial charge is 0.390 e. The second-order valence-corrected chi connectivity index (χ2v) is 12.5. The second kappa shape index (κ2) is 8.52. The van der Waals surface area contributed by atoms with Crippen LogP contribution in [0.2, 0.25) is 0 Å². The Hall–Kier alpha value is -1.80. The standard InChI is InChI=1S/C24H36N4O3S/c1-14(2)32-22-19(13-25-28(22)7-6-23(4,5)27-15(3)29)21(30)26-20-17-8-16-9-18(20)12-24(31,10-16)11-17/h6-7,13-14,16-18,20,31H,8-12H2,1-5H3,(H,26,30)(H,27,29). The normalized spacial score (nSPS) is 31.5. The summed E-state index contributed by atoms with van der Waals surface area (Å²) < 4.78 is 1.72. The van der Waals surface area contributed by atoms with Gasteiger partial charge in [0.05, 0.1) is 22.9 Å². The minimum absolute atomic E-state index is 0.0848. The monoisotopic (exact) mass is 460 g/mol. The van der Waals surface area contributed by atoms with Gasteiger partial charge in [-0.05, 0) is 69.8 Å². The van der Waals surface area contributed by atoms with Crippen LogP contribution in [0.25, 0.3) is 6.20 Å². The van der Waals surface area contributed by atoms with Crippen LogP contribution in [-0.2, 0) is 4.79 Å². The molecule has 32 heavy (non-hydrogen) atoms. The van der Waals surface area contributed by atoms with Crippen molar-refractivity contribution < 1.29 is 14.7 Å². The first-order chi connectivity index (χ1) is 14.9. The van der Waals surface area contributed by atoms with Gasteiger partial charge < -0.3 is 15.7 Å². The molecule has 2 amide bonds. The van der Waals surface area contributed by atoms with E-state index in [-0.39, 0.29) is 23.1 Å². The number of hydrogen-bond donors (Lipinski definition) is 3. The van der Waals surface area contributed by atoms with Gasteiger partial charge in [-0.15, -0.1) is 11.8 Å². The number of nitrogens with zero attached hydrogens (tertiary/aromatic N) is 2. The van der Waals surface area contributed by atoms with Gasteiger partial charge in [0.2, 0.25) is 5.91 Å². The van der Waals surface area contributed by atoms with Crippen molar-refractivity contribution in [3.63, 3.8) is 0 Å². The first-order valence-electron chi connectivity index (χ1n) is 11.7. The Labute approximate surface area is 194 Å². The molecule has 4 aliphatic rings. The first-order valence-corrected chi connectivity index (χ1v) is 12.6. The average molecular weight is 461 g/mol. The van der Waals surface area contributed by atoms with Crippen molar-refractivity contribution in [2.24, 2.45) is 17.8 Å². The molecule has 0 aromatic carbocycles. The molecule has 7 nitrogen and oxygen atoms in total. The molecule has 5 rings (SSSR count). The Morgan fingerprint density at radius 1 is 1.28 bits per heavy atom. The van der Waals surface area contributed by atoms with E-state index in [1.54, 1.807) is 22.6 Å². The summed E-state index contributed by atoms with van der Waals surface area (Å²) in [6.45, 7) is 9.50. The number of nitrogens with one attached hydrogen (secondary N) is 2. The molecule has 4 saturated carbocycles. The van der Waals surface area contributed by atoms with Crippen LogP contribution in [0.3, 0.4) is 0 Å². The molecular weight excluding hydrogens is 424 g/mol. The fourth-order valence-corrected chi connectivity index (χ4v) is 7.09. The highest BCUT2D eigenvalue weighted by molar-refractivity contribution is 7.99. The van der Waals surface area contributed by atoms with Gasteiger partial charge in [0, 0.05) is 24.4 Å².